The molecule has 0 spiro atoms. The molecule has 4 nitrogen and oxygen atoms in total. The van der Waals surface area contributed by atoms with Crippen molar-refractivity contribution in [3.05, 3.63) is 42.5 Å². The fourth-order valence-corrected chi connectivity index (χ4v) is 1.46. The molecule has 0 saturated carbocycles. The average molecular weight is 406 g/mol. The molecule has 1 aromatic rings. The largest absolute Gasteiger partial charge is 0.473 e. The molecule has 0 atom stereocenters. The fraction of sp³-hybridized carbons (Fsp3) is 0.333. The molecule has 1 rings (SSSR count). The molecule has 0 amide bonds. The highest BCUT2D eigenvalue weighted by atomic mass is 19.4. The first-order valence-electron chi connectivity index (χ1n) is 6.81. The third-order valence-electron chi connectivity index (χ3n) is 2.86. The lowest BCUT2D eigenvalue weighted by Crippen LogP contribution is -2.62. The predicted octanol–water partition coefficient (Wildman–Crippen LogP) is 4.21. The van der Waals surface area contributed by atoms with Gasteiger partial charge in [-0.1, -0.05) is 18.2 Å². The van der Waals surface area contributed by atoms with Gasteiger partial charge in [0.15, 0.2) is 0 Å². The molecule has 0 aliphatic carbocycles. The molecule has 27 heavy (non-hydrogen) atoms. The molecule has 0 bridgehead atoms. The second kappa shape index (κ2) is 7.53. The van der Waals surface area contributed by atoms with Crippen molar-refractivity contribution in [3.63, 3.8) is 0 Å². The molecular weight excluding hydrogens is 396 g/mol. The second-order valence-electron chi connectivity index (χ2n) is 5.04. The molecule has 0 saturated heterocycles. The third kappa shape index (κ3) is 4.95. The number of rotatable bonds is 7. The van der Waals surface area contributed by atoms with Gasteiger partial charge in [-0.2, -0.15) is 35.1 Å². The molecule has 12 heteroatoms. The minimum absolute atomic E-state index is 0.0257. The number of benzene rings is 1. The number of esters is 2. The maximum absolute atomic E-state index is 13.2. The van der Waals surface area contributed by atoms with Crippen molar-refractivity contribution in [2.75, 3.05) is 0 Å². The minimum Gasteiger partial charge on any atom is -0.423 e. The van der Waals surface area contributed by atoms with Crippen LogP contribution in [0.3, 0.4) is 0 Å². The fourth-order valence-electron chi connectivity index (χ4n) is 1.46. The van der Waals surface area contributed by atoms with Crippen molar-refractivity contribution >= 4 is 11.9 Å². The summed E-state index contributed by atoms with van der Waals surface area (Å²) >= 11 is 0. The van der Waals surface area contributed by atoms with E-state index >= 15 is 0 Å². The summed E-state index contributed by atoms with van der Waals surface area (Å²) in [5.41, 5.74) is 0. The van der Waals surface area contributed by atoms with E-state index in [1.165, 1.54) is 24.3 Å². The van der Waals surface area contributed by atoms with E-state index < -0.39 is 42.7 Å². The zero-order valence-electron chi connectivity index (χ0n) is 13.2. The Bertz CT molecular complexity index is 710. The van der Waals surface area contributed by atoms with Crippen LogP contribution >= 0.6 is 0 Å². The van der Waals surface area contributed by atoms with Crippen LogP contribution in [-0.2, 0) is 14.3 Å². The smallest absolute Gasteiger partial charge is 0.423 e. The Morgan fingerprint density at radius 1 is 0.815 bits per heavy atom. The van der Waals surface area contributed by atoms with Gasteiger partial charge in [0.1, 0.15) is 5.75 Å². The van der Waals surface area contributed by atoms with Crippen molar-refractivity contribution in [3.8, 4) is 5.75 Å². The summed E-state index contributed by atoms with van der Waals surface area (Å²) < 4.78 is 111. The Hall–Kier alpha value is -2.66. The third-order valence-corrected chi connectivity index (χ3v) is 2.86. The first-order valence-corrected chi connectivity index (χ1v) is 6.81. The van der Waals surface area contributed by atoms with Crippen molar-refractivity contribution < 1.29 is 54.2 Å². The van der Waals surface area contributed by atoms with E-state index in [0.717, 1.165) is 0 Å². The van der Waals surface area contributed by atoms with Crippen LogP contribution in [0.25, 0.3) is 0 Å². The highest BCUT2D eigenvalue weighted by Gasteiger charge is 2.81. The van der Waals surface area contributed by atoms with E-state index in [4.69, 9.17) is 0 Å². The zero-order chi connectivity index (χ0) is 21.1. The van der Waals surface area contributed by atoms with Crippen LogP contribution < -0.4 is 4.74 Å². The van der Waals surface area contributed by atoms with E-state index in [0.29, 0.717) is 0 Å². The van der Waals surface area contributed by atoms with Crippen LogP contribution in [-0.4, -0.2) is 35.8 Å². The molecule has 0 N–H and O–H groups in total. The lowest BCUT2D eigenvalue weighted by molar-refractivity contribution is -0.413. The van der Waals surface area contributed by atoms with Gasteiger partial charge in [-0.25, -0.2) is 9.59 Å². The number of alkyl halides is 8. The van der Waals surface area contributed by atoms with Gasteiger partial charge in [0.2, 0.25) is 0 Å². The van der Waals surface area contributed by atoms with Crippen LogP contribution in [0.2, 0.25) is 0 Å². The van der Waals surface area contributed by atoms with Crippen molar-refractivity contribution in [2.24, 2.45) is 0 Å². The quantitative estimate of drug-likeness (QED) is 0.295. The second-order valence-corrected chi connectivity index (χ2v) is 5.04. The average Bonchev–Trinajstić information content (AvgIpc) is 2.52. The predicted molar refractivity (Wildman–Crippen MR) is 72.8 cm³/mol. The molecule has 1 aromatic carbocycles. The highest BCUT2D eigenvalue weighted by molar-refractivity contribution is 5.92. The van der Waals surface area contributed by atoms with E-state index in [-0.39, 0.29) is 17.9 Å². The molecule has 0 fully saturated rings. The molecule has 0 aliphatic rings. The molecule has 0 unspecified atom stereocenters. The van der Waals surface area contributed by atoms with Crippen LogP contribution in [0.15, 0.2) is 42.5 Å². The van der Waals surface area contributed by atoms with E-state index in [1.807, 2.05) is 0 Å². The molecule has 0 aromatic heterocycles. The summed E-state index contributed by atoms with van der Waals surface area (Å²) in [6, 6.07) is 7.06. The summed E-state index contributed by atoms with van der Waals surface area (Å²) in [6.07, 6.45) is -6.26. The van der Waals surface area contributed by atoms with Crippen molar-refractivity contribution in [1.82, 2.24) is 0 Å². The summed E-state index contributed by atoms with van der Waals surface area (Å²) in [7, 11) is 0. The Morgan fingerprint density at radius 3 is 1.78 bits per heavy atom. The topological polar surface area (TPSA) is 52.6 Å². The summed E-state index contributed by atoms with van der Waals surface area (Å²) in [5, 5.41) is 0. The number of hydrogen-bond acceptors (Lipinski definition) is 4. The first kappa shape index (κ1) is 22.4. The van der Waals surface area contributed by atoms with Gasteiger partial charge in [0, 0.05) is 19.1 Å². The van der Waals surface area contributed by atoms with Gasteiger partial charge in [-0.05, 0) is 12.1 Å². The van der Waals surface area contributed by atoms with Crippen LogP contribution in [0.5, 0.6) is 5.75 Å². The normalized spacial score (nSPS) is 13.5. The van der Waals surface area contributed by atoms with Gasteiger partial charge in [-0.3, -0.25) is 0 Å². The summed E-state index contributed by atoms with van der Waals surface area (Å²) in [4.78, 5) is 22.4. The maximum Gasteiger partial charge on any atom is 0.473 e. The summed E-state index contributed by atoms with van der Waals surface area (Å²) in [6.45, 7) is -0.710. The monoisotopic (exact) mass is 406 g/mol. The first-order chi connectivity index (χ1) is 12.1. The lowest BCUT2D eigenvalue weighted by atomic mass is 10.1. The standard InChI is InChI=1S/C15H10F8O4/c1-12(16,17)13(18,19)14(20,21)15(22,23)27-11(25)8-7-10(24)26-9-5-3-2-4-6-9/h2-8H,1H3. The van der Waals surface area contributed by atoms with Gasteiger partial charge in [0.05, 0.1) is 0 Å². The van der Waals surface area contributed by atoms with Crippen LogP contribution in [0.4, 0.5) is 35.1 Å². The van der Waals surface area contributed by atoms with Gasteiger partial charge >= 0.3 is 35.8 Å². The number of carbonyl (C=O) groups excluding carboxylic acids is 2. The number of hydrogen-bond donors (Lipinski definition) is 0. The molecule has 0 aliphatic heterocycles. The highest BCUT2D eigenvalue weighted by Crippen LogP contribution is 2.52. The number of carbonyl (C=O) groups is 2. The number of halogens is 8. The lowest BCUT2D eigenvalue weighted by Gasteiger charge is -2.34. The Morgan fingerprint density at radius 2 is 1.30 bits per heavy atom. The Labute approximate surface area is 146 Å². The molecule has 0 radical (unpaired) electrons. The molecule has 0 heterocycles. The van der Waals surface area contributed by atoms with Gasteiger partial charge in [0.25, 0.3) is 0 Å². The van der Waals surface area contributed by atoms with Crippen LogP contribution in [0.1, 0.15) is 6.92 Å². The Balaban J connectivity index is 2.83. The minimum atomic E-state index is -6.74. The zero-order valence-corrected chi connectivity index (χ0v) is 13.2. The number of ether oxygens (including phenoxy) is 2. The van der Waals surface area contributed by atoms with Crippen LogP contribution in [0, 0.1) is 0 Å². The summed E-state index contributed by atoms with van der Waals surface area (Å²) in [5.74, 6) is -22.6. The van der Waals surface area contributed by atoms with Crippen molar-refractivity contribution in [1.29, 1.82) is 0 Å². The van der Waals surface area contributed by atoms with E-state index in [9.17, 15) is 44.7 Å². The van der Waals surface area contributed by atoms with Gasteiger partial charge in [-0.15, -0.1) is 0 Å². The molecule has 150 valence electrons. The van der Waals surface area contributed by atoms with Gasteiger partial charge < -0.3 is 9.47 Å². The van der Waals surface area contributed by atoms with E-state index in [2.05, 4.69) is 9.47 Å². The van der Waals surface area contributed by atoms with E-state index in [1.54, 1.807) is 6.07 Å². The molecular formula is C15H10F8O4. The SMILES string of the molecule is CC(F)(F)C(F)(F)C(F)(F)C(F)(F)OC(=O)C=CC(=O)Oc1ccccc1. The Kier molecular flexibility index (Phi) is 6.24. The van der Waals surface area contributed by atoms with Crippen molar-refractivity contribution in [2.45, 2.75) is 30.8 Å². The number of para-hydroxylation sites is 1. The maximum atomic E-state index is 13.2.